The summed E-state index contributed by atoms with van der Waals surface area (Å²) in [5.41, 5.74) is 11.0. The fourth-order valence-corrected chi connectivity index (χ4v) is 8.98. The zero-order valence-corrected chi connectivity index (χ0v) is 30.3. The molecule has 3 aromatic heterocycles. The van der Waals surface area contributed by atoms with Crippen molar-refractivity contribution in [3.8, 4) is 34.0 Å². The standard InChI is InChI=1S/C52H32N4/c1-2-15-35(16-3-1)51-41-21-8-10-22-44(41)53-52(54-51)56-48-29-27-37(32-43(48)50-39-19-7-5-14-34(39)25-30-49(50)56)36-26-28-47-42(31-36)40-20-9-11-23-46(40)55(47)45-24-12-17-33-13-4-6-18-38(33)45/h1-32H. The molecule has 9 aromatic carbocycles. The van der Waals surface area contributed by atoms with Crippen molar-refractivity contribution < 1.29 is 0 Å². The molecule has 12 aromatic rings. The second kappa shape index (κ2) is 12.0. The molecular weight excluding hydrogens is 681 g/mol. The summed E-state index contributed by atoms with van der Waals surface area (Å²) in [7, 11) is 0. The van der Waals surface area contributed by atoms with Gasteiger partial charge in [-0.3, -0.25) is 4.57 Å². The molecule has 0 radical (unpaired) electrons. The molecule has 260 valence electrons. The Hall–Kier alpha value is -7.56. The Kier molecular flexibility index (Phi) is 6.60. The van der Waals surface area contributed by atoms with E-state index in [1.807, 2.05) is 6.07 Å². The van der Waals surface area contributed by atoms with Crippen molar-refractivity contribution in [2.45, 2.75) is 0 Å². The SMILES string of the molecule is c1ccc(-c2nc(-n3c4ccc(-c5ccc6c(c5)c5ccccc5n6-c5cccc6ccccc56)cc4c4c5ccccc5ccc43)nc3ccccc23)cc1. The fourth-order valence-electron chi connectivity index (χ4n) is 8.98. The summed E-state index contributed by atoms with van der Waals surface area (Å²) >= 11 is 0. The van der Waals surface area contributed by atoms with Crippen LogP contribution in [0, 0.1) is 0 Å². The minimum Gasteiger partial charge on any atom is -0.309 e. The molecule has 0 fully saturated rings. The molecule has 0 spiro atoms. The van der Waals surface area contributed by atoms with Gasteiger partial charge in [-0.25, -0.2) is 9.97 Å². The molecule has 0 aliphatic carbocycles. The normalized spacial score (nSPS) is 11.9. The number of benzene rings is 9. The second-order valence-electron chi connectivity index (χ2n) is 14.6. The summed E-state index contributed by atoms with van der Waals surface area (Å²) in [5.74, 6) is 0.660. The first-order valence-electron chi connectivity index (χ1n) is 19.1. The molecule has 0 N–H and O–H groups in total. The van der Waals surface area contributed by atoms with E-state index in [0.29, 0.717) is 5.95 Å². The molecular formula is C52H32N4. The van der Waals surface area contributed by atoms with E-state index in [0.717, 1.165) is 38.8 Å². The van der Waals surface area contributed by atoms with Gasteiger partial charge in [0.2, 0.25) is 5.95 Å². The van der Waals surface area contributed by atoms with Crippen molar-refractivity contribution in [2.24, 2.45) is 0 Å². The predicted molar refractivity (Wildman–Crippen MR) is 234 cm³/mol. The maximum absolute atomic E-state index is 5.33. The van der Waals surface area contributed by atoms with Crippen molar-refractivity contribution in [3.63, 3.8) is 0 Å². The summed E-state index contributed by atoms with van der Waals surface area (Å²) in [6, 6.07) is 69.7. The largest absolute Gasteiger partial charge is 0.309 e. The Labute approximate surface area is 322 Å². The summed E-state index contributed by atoms with van der Waals surface area (Å²) in [6.45, 7) is 0. The average molecular weight is 713 g/mol. The molecule has 0 unspecified atom stereocenters. The van der Waals surface area contributed by atoms with Gasteiger partial charge in [-0.1, -0.05) is 146 Å². The van der Waals surface area contributed by atoms with Crippen LogP contribution in [0.4, 0.5) is 0 Å². The van der Waals surface area contributed by atoms with Crippen LogP contribution in [0.25, 0.3) is 110 Å². The van der Waals surface area contributed by atoms with Crippen LogP contribution in [0.15, 0.2) is 194 Å². The Morgan fingerprint density at radius 2 is 0.911 bits per heavy atom. The van der Waals surface area contributed by atoms with Crippen molar-refractivity contribution in [1.29, 1.82) is 0 Å². The minimum atomic E-state index is 0.660. The Balaban J connectivity index is 1.11. The van der Waals surface area contributed by atoms with Gasteiger partial charge in [0, 0.05) is 37.9 Å². The van der Waals surface area contributed by atoms with Gasteiger partial charge in [0.25, 0.3) is 0 Å². The lowest BCUT2D eigenvalue weighted by atomic mass is 9.99. The topological polar surface area (TPSA) is 35.6 Å². The first-order valence-corrected chi connectivity index (χ1v) is 19.1. The van der Waals surface area contributed by atoms with Crippen LogP contribution in [0.3, 0.4) is 0 Å². The van der Waals surface area contributed by atoms with Gasteiger partial charge in [-0.15, -0.1) is 0 Å². The number of fused-ring (bicyclic) bond motifs is 10. The van der Waals surface area contributed by atoms with Gasteiger partial charge in [-0.2, -0.15) is 0 Å². The smallest absolute Gasteiger partial charge is 0.235 e. The number of hydrogen-bond acceptors (Lipinski definition) is 2. The zero-order valence-electron chi connectivity index (χ0n) is 30.3. The van der Waals surface area contributed by atoms with Gasteiger partial charge in [0.15, 0.2) is 0 Å². The Bertz CT molecular complexity index is 3530. The average Bonchev–Trinajstić information content (AvgIpc) is 3.78. The number of aromatic nitrogens is 4. The number of nitrogens with zero attached hydrogens (tertiary/aromatic N) is 4. The van der Waals surface area contributed by atoms with Crippen molar-refractivity contribution in [1.82, 2.24) is 19.1 Å². The highest BCUT2D eigenvalue weighted by molar-refractivity contribution is 6.22. The molecule has 4 heteroatoms. The Morgan fingerprint density at radius 3 is 1.73 bits per heavy atom. The number of hydrogen-bond donors (Lipinski definition) is 0. The number of rotatable bonds is 4. The highest BCUT2D eigenvalue weighted by Crippen LogP contribution is 2.41. The fraction of sp³-hybridized carbons (Fsp3) is 0. The lowest BCUT2D eigenvalue weighted by Crippen LogP contribution is -2.03. The molecule has 3 heterocycles. The maximum atomic E-state index is 5.33. The van der Waals surface area contributed by atoms with E-state index in [2.05, 4.69) is 197 Å². The summed E-state index contributed by atoms with van der Waals surface area (Å²) in [5, 5.41) is 10.8. The highest BCUT2D eigenvalue weighted by atomic mass is 15.2. The van der Waals surface area contributed by atoms with Gasteiger partial charge in [-0.05, 0) is 75.8 Å². The third-order valence-corrected chi connectivity index (χ3v) is 11.5. The third kappa shape index (κ3) is 4.53. The third-order valence-electron chi connectivity index (χ3n) is 11.5. The van der Waals surface area contributed by atoms with Crippen LogP contribution < -0.4 is 0 Å². The van der Waals surface area contributed by atoms with Gasteiger partial charge in [0.05, 0.1) is 39.0 Å². The maximum Gasteiger partial charge on any atom is 0.235 e. The van der Waals surface area contributed by atoms with Gasteiger partial charge in [0.1, 0.15) is 0 Å². The van der Waals surface area contributed by atoms with E-state index in [-0.39, 0.29) is 0 Å². The molecule has 0 amide bonds. The molecule has 0 saturated heterocycles. The van der Waals surface area contributed by atoms with Gasteiger partial charge >= 0.3 is 0 Å². The summed E-state index contributed by atoms with van der Waals surface area (Å²) in [4.78, 5) is 10.6. The molecule has 0 saturated carbocycles. The first-order chi connectivity index (χ1) is 27.8. The lowest BCUT2D eigenvalue weighted by molar-refractivity contribution is 1.01. The van der Waals surface area contributed by atoms with Crippen LogP contribution in [0.2, 0.25) is 0 Å². The molecule has 0 bridgehead atoms. The molecule has 0 aliphatic heterocycles. The van der Waals surface area contributed by atoms with E-state index in [4.69, 9.17) is 9.97 Å². The van der Waals surface area contributed by atoms with Crippen LogP contribution >= 0.6 is 0 Å². The van der Waals surface area contributed by atoms with Crippen LogP contribution in [-0.2, 0) is 0 Å². The molecule has 4 nitrogen and oxygen atoms in total. The molecule has 56 heavy (non-hydrogen) atoms. The lowest BCUT2D eigenvalue weighted by Gasteiger charge is -2.12. The second-order valence-corrected chi connectivity index (χ2v) is 14.6. The van der Waals surface area contributed by atoms with E-state index in [1.165, 1.54) is 65.4 Å². The molecule has 12 rings (SSSR count). The summed E-state index contributed by atoms with van der Waals surface area (Å²) in [6.07, 6.45) is 0. The first kappa shape index (κ1) is 30.9. The quantitative estimate of drug-likeness (QED) is 0.182. The minimum absolute atomic E-state index is 0.660. The predicted octanol–water partition coefficient (Wildman–Crippen LogP) is 13.5. The van der Waals surface area contributed by atoms with Crippen molar-refractivity contribution in [2.75, 3.05) is 0 Å². The Morgan fingerprint density at radius 1 is 0.321 bits per heavy atom. The van der Waals surface area contributed by atoms with Crippen LogP contribution in [0.5, 0.6) is 0 Å². The van der Waals surface area contributed by atoms with E-state index < -0.39 is 0 Å². The van der Waals surface area contributed by atoms with E-state index >= 15 is 0 Å². The zero-order chi connectivity index (χ0) is 36.7. The van der Waals surface area contributed by atoms with Gasteiger partial charge < -0.3 is 4.57 Å². The van der Waals surface area contributed by atoms with Crippen LogP contribution in [0.1, 0.15) is 0 Å². The highest BCUT2D eigenvalue weighted by Gasteiger charge is 2.20. The monoisotopic (exact) mass is 712 g/mol. The number of para-hydroxylation sites is 2. The molecule has 0 aliphatic rings. The van der Waals surface area contributed by atoms with Crippen molar-refractivity contribution >= 4 is 76.1 Å². The van der Waals surface area contributed by atoms with E-state index in [1.54, 1.807) is 0 Å². The van der Waals surface area contributed by atoms with Crippen molar-refractivity contribution in [3.05, 3.63) is 194 Å². The molecule has 0 atom stereocenters. The van der Waals surface area contributed by atoms with Crippen LogP contribution in [-0.4, -0.2) is 19.1 Å². The summed E-state index contributed by atoms with van der Waals surface area (Å²) < 4.78 is 4.67. The van der Waals surface area contributed by atoms with E-state index in [9.17, 15) is 0 Å².